The van der Waals surface area contributed by atoms with E-state index in [4.69, 9.17) is 14.9 Å². The van der Waals surface area contributed by atoms with Crippen molar-refractivity contribution in [1.29, 1.82) is 0 Å². The zero-order valence-electron chi connectivity index (χ0n) is 17.0. The smallest absolute Gasteiger partial charge is 0.409 e. The normalized spacial score (nSPS) is 11.8. The summed E-state index contributed by atoms with van der Waals surface area (Å²) in [7, 11) is -2.62. The summed E-state index contributed by atoms with van der Waals surface area (Å²) in [6.45, 7) is 7.05. The highest BCUT2D eigenvalue weighted by Crippen LogP contribution is 2.37. The summed E-state index contributed by atoms with van der Waals surface area (Å²) in [4.78, 5) is 15.3. The molecule has 0 bridgehead atoms. The van der Waals surface area contributed by atoms with E-state index in [1.54, 1.807) is 12.1 Å². The molecule has 0 aliphatic rings. The lowest BCUT2D eigenvalue weighted by atomic mass is 10.2. The van der Waals surface area contributed by atoms with E-state index < -0.39 is 14.4 Å². The molecule has 5 nitrogen and oxygen atoms in total. The number of pyridine rings is 1. The molecule has 0 fully saturated rings. The fourth-order valence-corrected chi connectivity index (χ4v) is 8.14. The maximum Gasteiger partial charge on any atom is 0.410 e. The second kappa shape index (κ2) is 8.59. The van der Waals surface area contributed by atoms with Gasteiger partial charge in [0.1, 0.15) is 0 Å². The van der Waals surface area contributed by atoms with E-state index in [9.17, 15) is 4.79 Å². The van der Waals surface area contributed by atoms with Crippen LogP contribution in [-0.4, -0.2) is 19.4 Å². The standard InChI is InChI=1S/C23H26N2O3Si/c1-23(2,3)29(20-10-6-4-7-11-20,21-12-8-5-9-13-21)27-17-18-14-15-19(16-25-18)28-22(24)26/h4-16H,17H2,1-3H3,(H2,24,26). The van der Waals surface area contributed by atoms with Gasteiger partial charge in [-0.25, -0.2) is 4.79 Å². The summed E-state index contributed by atoms with van der Waals surface area (Å²) in [5, 5.41) is 2.32. The van der Waals surface area contributed by atoms with Gasteiger partial charge in [-0.05, 0) is 27.5 Å². The number of ether oxygens (including phenoxy) is 1. The molecule has 1 heterocycles. The van der Waals surface area contributed by atoms with E-state index in [-0.39, 0.29) is 5.04 Å². The highest BCUT2D eigenvalue weighted by molar-refractivity contribution is 6.99. The zero-order valence-corrected chi connectivity index (χ0v) is 18.0. The van der Waals surface area contributed by atoms with Crippen LogP contribution in [0.3, 0.4) is 0 Å². The number of benzene rings is 2. The third-order valence-electron chi connectivity index (χ3n) is 4.87. The molecular formula is C23H26N2O3Si. The molecular weight excluding hydrogens is 380 g/mol. The molecule has 0 saturated carbocycles. The number of hydrogen-bond acceptors (Lipinski definition) is 4. The van der Waals surface area contributed by atoms with Gasteiger partial charge in [0.15, 0.2) is 5.75 Å². The lowest BCUT2D eigenvalue weighted by Gasteiger charge is -2.43. The maximum absolute atomic E-state index is 10.9. The molecule has 0 atom stereocenters. The molecule has 150 valence electrons. The van der Waals surface area contributed by atoms with Crippen molar-refractivity contribution in [2.24, 2.45) is 5.73 Å². The molecule has 0 aliphatic carbocycles. The number of nitrogens with zero attached hydrogens (tertiary/aromatic N) is 1. The van der Waals surface area contributed by atoms with E-state index in [2.05, 4.69) is 74.3 Å². The molecule has 6 heteroatoms. The summed E-state index contributed by atoms with van der Waals surface area (Å²) in [6.07, 6.45) is 0.623. The van der Waals surface area contributed by atoms with Crippen LogP contribution in [0.25, 0.3) is 0 Å². The van der Waals surface area contributed by atoms with Crippen molar-refractivity contribution in [1.82, 2.24) is 4.98 Å². The van der Waals surface area contributed by atoms with Crippen molar-refractivity contribution >= 4 is 24.8 Å². The average molecular weight is 407 g/mol. The Morgan fingerprint density at radius 2 is 1.48 bits per heavy atom. The molecule has 1 aromatic heterocycles. The van der Waals surface area contributed by atoms with E-state index in [0.717, 1.165) is 5.69 Å². The number of rotatable bonds is 6. The van der Waals surface area contributed by atoms with Crippen LogP contribution in [0.15, 0.2) is 79.0 Å². The van der Waals surface area contributed by atoms with E-state index in [1.807, 2.05) is 12.1 Å². The van der Waals surface area contributed by atoms with Crippen molar-refractivity contribution in [3.05, 3.63) is 84.7 Å². The molecule has 1 amide bonds. The Morgan fingerprint density at radius 3 is 1.90 bits per heavy atom. The zero-order chi connectivity index (χ0) is 20.9. The Hall–Kier alpha value is -2.96. The average Bonchev–Trinajstić information content (AvgIpc) is 2.70. The Kier molecular flexibility index (Phi) is 6.15. The van der Waals surface area contributed by atoms with Crippen LogP contribution >= 0.6 is 0 Å². The van der Waals surface area contributed by atoms with Crippen LogP contribution < -0.4 is 20.8 Å². The third kappa shape index (κ3) is 4.55. The lowest BCUT2D eigenvalue weighted by Crippen LogP contribution is -2.66. The molecule has 0 aliphatic heterocycles. The molecule has 0 unspecified atom stereocenters. The van der Waals surface area contributed by atoms with Gasteiger partial charge in [0.2, 0.25) is 0 Å². The fourth-order valence-electron chi connectivity index (χ4n) is 3.62. The maximum atomic E-state index is 10.9. The van der Waals surface area contributed by atoms with Crippen LogP contribution in [0.1, 0.15) is 26.5 Å². The monoisotopic (exact) mass is 406 g/mol. The van der Waals surface area contributed by atoms with Gasteiger partial charge in [0.05, 0.1) is 18.5 Å². The minimum Gasteiger partial charge on any atom is -0.409 e. The van der Waals surface area contributed by atoms with Crippen LogP contribution in [0.4, 0.5) is 4.79 Å². The molecule has 3 rings (SSSR count). The van der Waals surface area contributed by atoms with Gasteiger partial charge in [-0.15, -0.1) is 0 Å². The third-order valence-corrected chi connectivity index (χ3v) is 9.85. The van der Waals surface area contributed by atoms with Crippen LogP contribution in [0.5, 0.6) is 5.75 Å². The molecule has 0 spiro atoms. The first kappa shape index (κ1) is 20.8. The Balaban J connectivity index is 1.99. The van der Waals surface area contributed by atoms with Gasteiger partial charge in [-0.3, -0.25) is 4.98 Å². The second-order valence-corrected chi connectivity index (χ2v) is 12.2. The van der Waals surface area contributed by atoms with Gasteiger partial charge in [0, 0.05) is 0 Å². The predicted molar refractivity (Wildman–Crippen MR) is 117 cm³/mol. The van der Waals surface area contributed by atoms with E-state index in [0.29, 0.717) is 12.4 Å². The number of carbonyl (C=O) groups is 1. The number of primary amides is 1. The van der Waals surface area contributed by atoms with Crippen molar-refractivity contribution in [3.8, 4) is 5.75 Å². The summed E-state index contributed by atoms with van der Waals surface area (Å²) in [5.74, 6) is 0.312. The van der Waals surface area contributed by atoms with Crippen molar-refractivity contribution in [2.45, 2.75) is 32.4 Å². The van der Waals surface area contributed by atoms with Crippen molar-refractivity contribution in [2.75, 3.05) is 0 Å². The molecule has 0 saturated heterocycles. The summed E-state index contributed by atoms with van der Waals surface area (Å²) in [6, 6.07) is 24.4. The second-order valence-electron chi connectivity index (χ2n) is 7.86. The van der Waals surface area contributed by atoms with Crippen LogP contribution in [-0.2, 0) is 11.0 Å². The first-order valence-corrected chi connectivity index (χ1v) is 11.4. The lowest BCUT2D eigenvalue weighted by molar-refractivity contribution is 0.210. The Bertz CT molecular complexity index is 900. The van der Waals surface area contributed by atoms with Crippen molar-refractivity contribution < 1.29 is 14.0 Å². The van der Waals surface area contributed by atoms with Gasteiger partial charge in [0.25, 0.3) is 8.32 Å². The molecule has 2 N–H and O–H groups in total. The summed E-state index contributed by atoms with van der Waals surface area (Å²) >= 11 is 0. The van der Waals surface area contributed by atoms with E-state index in [1.165, 1.54) is 16.6 Å². The molecule has 2 aromatic carbocycles. The minimum atomic E-state index is -2.62. The number of amides is 1. The quantitative estimate of drug-likeness (QED) is 0.635. The highest BCUT2D eigenvalue weighted by atomic mass is 28.4. The molecule has 29 heavy (non-hydrogen) atoms. The summed E-state index contributed by atoms with van der Waals surface area (Å²) < 4.78 is 11.7. The van der Waals surface area contributed by atoms with Crippen LogP contribution in [0.2, 0.25) is 5.04 Å². The number of carbonyl (C=O) groups excluding carboxylic acids is 1. The minimum absolute atomic E-state index is 0.106. The highest BCUT2D eigenvalue weighted by Gasteiger charge is 2.50. The SMILES string of the molecule is CC(C)(C)[Si](OCc1ccc(OC(N)=O)cn1)(c1ccccc1)c1ccccc1. The van der Waals surface area contributed by atoms with Gasteiger partial charge in [-0.2, -0.15) is 0 Å². The van der Waals surface area contributed by atoms with Crippen LogP contribution in [0, 0.1) is 0 Å². The number of nitrogens with two attached hydrogens (primary N) is 1. The topological polar surface area (TPSA) is 74.4 Å². The molecule has 3 aromatic rings. The van der Waals surface area contributed by atoms with Crippen molar-refractivity contribution in [3.63, 3.8) is 0 Å². The largest absolute Gasteiger partial charge is 0.410 e. The van der Waals surface area contributed by atoms with E-state index >= 15 is 0 Å². The van der Waals surface area contributed by atoms with Gasteiger partial charge >= 0.3 is 6.09 Å². The Morgan fingerprint density at radius 1 is 0.931 bits per heavy atom. The van der Waals surface area contributed by atoms with Gasteiger partial charge in [-0.1, -0.05) is 81.4 Å². The first-order valence-electron chi connectivity index (χ1n) is 9.50. The fraction of sp³-hybridized carbons (Fsp3) is 0.217. The first-order chi connectivity index (χ1) is 13.8. The predicted octanol–water partition coefficient (Wildman–Crippen LogP) is 3.62. The number of hydrogen-bond donors (Lipinski definition) is 1. The molecule has 0 radical (unpaired) electrons. The number of aromatic nitrogens is 1. The summed E-state index contributed by atoms with van der Waals surface area (Å²) in [5.41, 5.74) is 5.81. The Labute approximate surface area is 172 Å². The van der Waals surface area contributed by atoms with Gasteiger partial charge < -0.3 is 14.9 Å².